The number of aryl methyl sites for hydroxylation is 1. The van der Waals surface area contributed by atoms with Crippen LogP contribution in [0.5, 0.6) is 6.01 Å². The summed E-state index contributed by atoms with van der Waals surface area (Å²) < 4.78 is 7.22. The summed E-state index contributed by atoms with van der Waals surface area (Å²) in [5.41, 5.74) is 3.34. The number of anilines is 1. The van der Waals surface area contributed by atoms with E-state index in [1.54, 1.807) is 22.0 Å². The molecule has 202 valence electrons. The van der Waals surface area contributed by atoms with E-state index in [2.05, 4.69) is 41.3 Å². The fraction of sp³-hybridized carbons (Fsp3) is 0.321. The molecule has 1 aromatic carbocycles. The first-order chi connectivity index (χ1) is 19.3. The highest BCUT2D eigenvalue weighted by Gasteiger charge is 2.86. The molecule has 5 heterocycles. The minimum Gasteiger partial charge on any atom is -0.467 e. The van der Waals surface area contributed by atoms with Gasteiger partial charge in [-0.05, 0) is 69.9 Å². The summed E-state index contributed by atoms with van der Waals surface area (Å²) in [7, 11) is 1.50. The highest BCUT2D eigenvalue weighted by molar-refractivity contribution is 9.10. The van der Waals surface area contributed by atoms with Crippen LogP contribution in [0.2, 0.25) is 0 Å². The van der Waals surface area contributed by atoms with Gasteiger partial charge in [0.2, 0.25) is 11.8 Å². The lowest BCUT2D eigenvalue weighted by Crippen LogP contribution is -2.45. The summed E-state index contributed by atoms with van der Waals surface area (Å²) in [6, 6.07) is 9.07. The van der Waals surface area contributed by atoms with E-state index < -0.39 is 6.04 Å². The number of carbonyl (C=O) groups excluding carboxylic acids is 3. The van der Waals surface area contributed by atoms with Gasteiger partial charge in [-0.2, -0.15) is 5.10 Å². The summed E-state index contributed by atoms with van der Waals surface area (Å²) in [5, 5.41) is 8.08. The summed E-state index contributed by atoms with van der Waals surface area (Å²) in [4.78, 5) is 54.0. The summed E-state index contributed by atoms with van der Waals surface area (Å²) in [5.74, 6) is 0.844. The van der Waals surface area contributed by atoms with Crippen LogP contribution in [0, 0.1) is 24.7 Å². The molecule has 2 saturated carbocycles. The van der Waals surface area contributed by atoms with Gasteiger partial charge in [0.05, 0.1) is 12.6 Å². The van der Waals surface area contributed by atoms with E-state index in [0.717, 1.165) is 16.7 Å². The largest absolute Gasteiger partial charge is 0.467 e. The number of carbonyl (C=O) groups is 3. The zero-order chi connectivity index (χ0) is 27.9. The van der Waals surface area contributed by atoms with E-state index in [0.29, 0.717) is 33.2 Å². The van der Waals surface area contributed by atoms with Gasteiger partial charge in [-0.3, -0.25) is 19.1 Å². The molecule has 0 spiro atoms. The molecule has 2 bridgehead atoms. The Morgan fingerprint density at radius 1 is 1.05 bits per heavy atom. The number of hydrogen-bond acceptors (Lipinski definition) is 8. The van der Waals surface area contributed by atoms with Crippen LogP contribution in [0.15, 0.2) is 47.3 Å². The van der Waals surface area contributed by atoms with Gasteiger partial charge in [0.15, 0.2) is 5.78 Å². The molecule has 3 aromatic heterocycles. The number of benzene rings is 1. The van der Waals surface area contributed by atoms with Crippen LogP contribution in [0.4, 0.5) is 5.82 Å². The number of Topliss-reactive ketones (excluding diaryl/α,β-unsaturated/α-hetero) is 1. The molecular formula is C28H24BrN7O4. The molecule has 8 rings (SSSR count). The second kappa shape index (κ2) is 8.91. The minimum atomic E-state index is -0.538. The Balaban J connectivity index is 1.16. The molecule has 4 fully saturated rings. The van der Waals surface area contributed by atoms with Crippen molar-refractivity contribution in [1.82, 2.24) is 29.6 Å². The van der Waals surface area contributed by atoms with Gasteiger partial charge in [-0.25, -0.2) is 15.0 Å². The number of amides is 2. The predicted octanol–water partition coefficient (Wildman–Crippen LogP) is 3.26. The first-order valence-electron chi connectivity index (χ1n) is 12.9. The molecule has 2 aliphatic heterocycles. The van der Waals surface area contributed by atoms with Gasteiger partial charge >= 0.3 is 6.01 Å². The summed E-state index contributed by atoms with van der Waals surface area (Å²) >= 11 is 3.35. The maximum Gasteiger partial charge on any atom is 0.316 e. The molecular weight excluding hydrogens is 578 g/mol. The number of methoxy groups -OCH3 is 1. The van der Waals surface area contributed by atoms with Crippen LogP contribution >= 0.6 is 15.9 Å². The third-order valence-electron chi connectivity index (χ3n) is 8.20. The molecule has 4 aromatic rings. The number of nitrogens with zero attached hydrogens (tertiary/aromatic N) is 6. The molecule has 4 aliphatic rings. The predicted molar refractivity (Wildman–Crippen MR) is 148 cm³/mol. The molecule has 2 saturated heterocycles. The van der Waals surface area contributed by atoms with Crippen molar-refractivity contribution in [3.63, 3.8) is 0 Å². The molecule has 2 amide bonds. The van der Waals surface area contributed by atoms with Gasteiger partial charge in [0.25, 0.3) is 0 Å². The highest BCUT2D eigenvalue weighted by Crippen LogP contribution is 2.78. The van der Waals surface area contributed by atoms with Crippen LogP contribution < -0.4 is 10.1 Å². The molecule has 40 heavy (non-hydrogen) atoms. The minimum absolute atomic E-state index is 0.0740. The van der Waals surface area contributed by atoms with Crippen LogP contribution in [0.25, 0.3) is 22.0 Å². The van der Waals surface area contributed by atoms with Crippen LogP contribution in [0.3, 0.4) is 0 Å². The number of ether oxygens (including phenoxy) is 1. The number of nitrogens with one attached hydrogen (secondary N) is 1. The Hall–Kier alpha value is -4.19. The second-order valence-electron chi connectivity index (χ2n) is 10.5. The average molecular weight is 602 g/mol. The van der Waals surface area contributed by atoms with Crippen molar-refractivity contribution in [1.29, 1.82) is 0 Å². The van der Waals surface area contributed by atoms with Gasteiger partial charge in [0.1, 0.15) is 28.7 Å². The third-order valence-corrected chi connectivity index (χ3v) is 8.64. The Morgan fingerprint density at radius 2 is 1.80 bits per heavy atom. The molecule has 1 N–H and O–H groups in total. The number of halogens is 1. The fourth-order valence-corrected chi connectivity index (χ4v) is 6.47. The van der Waals surface area contributed by atoms with Crippen LogP contribution in [-0.4, -0.2) is 66.4 Å². The molecule has 0 radical (unpaired) electrons. The van der Waals surface area contributed by atoms with Crippen molar-refractivity contribution in [2.75, 3.05) is 12.4 Å². The second-order valence-corrected chi connectivity index (χ2v) is 11.3. The van der Waals surface area contributed by atoms with Gasteiger partial charge in [-0.1, -0.05) is 12.1 Å². The number of rotatable bonds is 7. The van der Waals surface area contributed by atoms with Crippen molar-refractivity contribution in [2.45, 2.75) is 32.5 Å². The van der Waals surface area contributed by atoms with E-state index >= 15 is 0 Å². The topological polar surface area (TPSA) is 132 Å². The monoisotopic (exact) mass is 601 g/mol. The number of fused-ring (bicyclic) bond motifs is 2. The summed E-state index contributed by atoms with van der Waals surface area (Å²) in [6.07, 6.45) is 3.29. The molecule has 3 unspecified atom stereocenters. The lowest BCUT2D eigenvalue weighted by atomic mass is 10.0. The van der Waals surface area contributed by atoms with E-state index in [4.69, 9.17) is 4.74 Å². The first kappa shape index (κ1) is 24.8. The van der Waals surface area contributed by atoms with Crippen molar-refractivity contribution in [3.8, 4) is 17.1 Å². The van der Waals surface area contributed by atoms with Crippen molar-refractivity contribution < 1.29 is 19.1 Å². The number of pyridine rings is 1. The Labute approximate surface area is 237 Å². The zero-order valence-corrected chi connectivity index (χ0v) is 23.4. The normalized spacial score (nSPS) is 23.6. The number of hydrogen-bond donors (Lipinski definition) is 1. The van der Waals surface area contributed by atoms with E-state index in [1.165, 1.54) is 14.0 Å². The Bertz CT molecular complexity index is 1730. The van der Waals surface area contributed by atoms with Gasteiger partial charge in [-0.15, -0.1) is 0 Å². The molecule has 2 aliphatic carbocycles. The standard InChI is InChI=1S/C28H24BrN7O4/c1-12-4-7-18(29)32-26(12)33-27(39)25-22-20-21(22)24(20)36(25)19(38)11-35-17-6-5-14(8-16(17)23(34-35)13(2)37)15-9-30-28(40-3)31-10-15/h4-10,20-22,24-25H,11H2,1-3H3,(H,32,33,39)/t20-,21?,22?,24?,25-/m0/s1. The lowest BCUT2D eigenvalue weighted by molar-refractivity contribution is -0.137. The van der Waals surface area contributed by atoms with E-state index in [-0.39, 0.29) is 47.8 Å². The number of ketones is 1. The third kappa shape index (κ3) is 3.80. The van der Waals surface area contributed by atoms with Crippen LogP contribution in [-0.2, 0) is 16.1 Å². The van der Waals surface area contributed by atoms with Crippen LogP contribution in [0.1, 0.15) is 23.0 Å². The molecule has 5 atom stereocenters. The fourth-order valence-electron chi connectivity index (χ4n) is 6.16. The van der Waals surface area contributed by atoms with E-state index in [1.807, 2.05) is 37.3 Å². The summed E-state index contributed by atoms with van der Waals surface area (Å²) in [6.45, 7) is 3.25. The Morgan fingerprint density at radius 3 is 2.50 bits per heavy atom. The van der Waals surface area contributed by atoms with E-state index in [9.17, 15) is 14.4 Å². The maximum absolute atomic E-state index is 13.7. The smallest absolute Gasteiger partial charge is 0.316 e. The SMILES string of the molecule is COc1ncc(-c2ccc3c(c2)c(C(C)=O)nn3CC(=O)N2C3C4C([C@H]43)[C@H]2C(=O)Nc2nc(Br)ccc2C)cn1. The first-order valence-corrected chi connectivity index (χ1v) is 13.7. The van der Waals surface area contributed by atoms with Crippen molar-refractivity contribution in [3.05, 3.63) is 58.6 Å². The van der Waals surface area contributed by atoms with Gasteiger partial charge < -0.3 is 15.0 Å². The quantitative estimate of drug-likeness (QED) is 0.252. The lowest BCUT2D eigenvalue weighted by Gasteiger charge is -2.24. The Kier molecular flexibility index (Phi) is 5.53. The van der Waals surface area contributed by atoms with Gasteiger partial charge in [0, 0.05) is 36.3 Å². The zero-order valence-electron chi connectivity index (χ0n) is 21.8. The molecule has 12 heteroatoms. The van der Waals surface area contributed by atoms with Crippen molar-refractivity contribution >= 4 is 50.2 Å². The average Bonchev–Trinajstić information content (AvgIpc) is 3.70. The number of piperidine rings is 1. The van der Waals surface area contributed by atoms with Crippen molar-refractivity contribution in [2.24, 2.45) is 17.8 Å². The number of aromatic nitrogens is 5. The highest BCUT2D eigenvalue weighted by atomic mass is 79.9. The maximum atomic E-state index is 13.7. The molecule has 11 nitrogen and oxygen atoms in total.